The Bertz CT molecular complexity index is 492. The smallest absolute Gasteiger partial charge is 0.254 e. The highest BCUT2D eigenvalue weighted by molar-refractivity contribution is 9.10. The predicted octanol–water partition coefficient (Wildman–Crippen LogP) is 3.02. The molecule has 8 heteroatoms. The fraction of sp³-hybridized carbons (Fsp3) is 0.286. The van der Waals surface area contributed by atoms with Crippen LogP contribution in [0.2, 0.25) is 0 Å². The molecule has 0 atom stereocenters. The van der Waals surface area contributed by atoms with Gasteiger partial charge in [0.05, 0.1) is 4.47 Å². The van der Waals surface area contributed by atoms with Crippen LogP contribution in [0.5, 0.6) is 0 Å². The van der Waals surface area contributed by atoms with E-state index in [1.807, 2.05) is 0 Å². The van der Waals surface area contributed by atoms with Gasteiger partial charge in [-0.15, -0.1) is 0 Å². The van der Waals surface area contributed by atoms with Crippen LogP contribution in [0, 0.1) is 6.92 Å². The van der Waals surface area contributed by atoms with Crippen LogP contribution in [0.4, 0.5) is 8.78 Å². The quantitative estimate of drug-likeness (QED) is 0.787. The summed E-state index contributed by atoms with van der Waals surface area (Å²) >= 11 is 2.90. The molecule has 0 fully saturated rings. The summed E-state index contributed by atoms with van der Waals surface area (Å²) in [7, 11) is 1.05. The average molecular weight is 321 g/mol. The normalized spacial score (nSPS) is 12.1. The van der Waals surface area contributed by atoms with Crippen molar-refractivity contribution in [1.29, 1.82) is 0 Å². The number of nitrogens with zero attached hydrogens (tertiary/aromatic N) is 1. The van der Waals surface area contributed by atoms with Gasteiger partial charge in [0.1, 0.15) is 10.6 Å². The third-order valence-corrected chi connectivity index (χ3v) is 4.05. The van der Waals surface area contributed by atoms with Crippen LogP contribution in [0.15, 0.2) is 15.6 Å². The maximum atomic E-state index is 12.4. The van der Waals surface area contributed by atoms with Crippen molar-refractivity contribution in [2.45, 2.75) is 18.2 Å². The lowest BCUT2D eigenvalue weighted by Crippen LogP contribution is -2.03. The van der Waals surface area contributed by atoms with Gasteiger partial charge in [0.25, 0.3) is 15.5 Å². The minimum Gasteiger partial charge on any atom is -0.254 e. The summed E-state index contributed by atoms with van der Waals surface area (Å²) in [5.41, 5.74) is -0.730. The van der Waals surface area contributed by atoms with Crippen LogP contribution < -0.4 is 0 Å². The van der Waals surface area contributed by atoms with Gasteiger partial charge in [-0.1, -0.05) is 0 Å². The van der Waals surface area contributed by atoms with Crippen molar-refractivity contribution in [2.24, 2.45) is 0 Å². The van der Waals surface area contributed by atoms with Crippen molar-refractivity contribution in [2.75, 3.05) is 0 Å². The number of hydrogen-bond donors (Lipinski definition) is 0. The van der Waals surface area contributed by atoms with Crippen LogP contribution in [0.3, 0.4) is 0 Å². The van der Waals surface area contributed by atoms with Gasteiger partial charge in [-0.2, -0.15) is 0 Å². The molecule has 1 aromatic rings. The molecule has 1 heterocycles. The zero-order valence-electron chi connectivity index (χ0n) is 7.34. The Morgan fingerprint density at radius 1 is 1.53 bits per heavy atom. The van der Waals surface area contributed by atoms with Gasteiger partial charge in [0.2, 0.25) is 0 Å². The Labute approximate surface area is 98.0 Å². The van der Waals surface area contributed by atoms with Gasteiger partial charge >= 0.3 is 0 Å². The highest BCUT2D eigenvalue weighted by atomic mass is 79.9. The summed E-state index contributed by atoms with van der Waals surface area (Å²) in [6, 6.07) is 0. The van der Waals surface area contributed by atoms with Crippen LogP contribution >= 0.6 is 26.6 Å². The molecule has 15 heavy (non-hydrogen) atoms. The molecule has 0 aliphatic heterocycles. The fourth-order valence-corrected chi connectivity index (χ4v) is 3.77. The number of alkyl halides is 2. The second-order valence-electron chi connectivity index (χ2n) is 2.68. The topological polar surface area (TPSA) is 47.0 Å². The Balaban J connectivity index is 3.59. The lowest BCUT2D eigenvalue weighted by molar-refractivity contribution is 0.145. The molecule has 0 bridgehead atoms. The minimum atomic E-state index is -4.07. The molecule has 0 amide bonds. The molecule has 0 saturated carbocycles. The molecule has 0 aromatic carbocycles. The lowest BCUT2D eigenvalue weighted by atomic mass is 10.2. The van der Waals surface area contributed by atoms with E-state index >= 15 is 0 Å². The van der Waals surface area contributed by atoms with Crippen molar-refractivity contribution in [3.8, 4) is 0 Å². The van der Waals surface area contributed by atoms with E-state index in [0.29, 0.717) is 0 Å². The lowest BCUT2D eigenvalue weighted by Gasteiger charge is -2.08. The molecular formula is C7H5BrClF2NO2S. The van der Waals surface area contributed by atoms with Crippen molar-refractivity contribution >= 4 is 35.7 Å². The first-order chi connectivity index (χ1) is 6.75. The summed E-state index contributed by atoms with van der Waals surface area (Å²) in [4.78, 5) is 3.07. The van der Waals surface area contributed by atoms with E-state index in [-0.39, 0.29) is 14.9 Å². The van der Waals surface area contributed by atoms with Crippen molar-refractivity contribution in [3.05, 3.63) is 21.9 Å². The van der Waals surface area contributed by atoms with E-state index in [0.717, 1.165) is 6.20 Å². The number of rotatable bonds is 2. The second-order valence-corrected chi connectivity index (χ2v) is 6.04. The maximum Gasteiger partial charge on any atom is 0.280 e. The van der Waals surface area contributed by atoms with Gasteiger partial charge in [0.15, 0.2) is 0 Å². The molecule has 0 N–H and O–H groups in total. The Kier molecular flexibility index (Phi) is 3.67. The molecule has 84 valence electrons. The maximum absolute atomic E-state index is 12.4. The largest absolute Gasteiger partial charge is 0.280 e. The van der Waals surface area contributed by atoms with E-state index in [1.54, 1.807) is 0 Å². The van der Waals surface area contributed by atoms with Crippen LogP contribution in [0.25, 0.3) is 0 Å². The first-order valence-corrected chi connectivity index (χ1v) is 6.73. The third-order valence-electron chi connectivity index (χ3n) is 1.71. The van der Waals surface area contributed by atoms with E-state index in [9.17, 15) is 17.2 Å². The Morgan fingerprint density at radius 3 is 2.47 bits per heavy atom. The summed E-state index contributed by atoms with van der Waals surface area (Å²) < 4.78 is 47.1. The molecule has 1 aromatic heterocycles. The zero-order chi connectivity index (χ0) is 11.8. The molecule has 0 aliphatic carbocycles. The molecule has 0 radical (unpaired) electrons. The molecule has 0 unspecified atom stereocenters. The first kappa shape index (κ1) is 12.8. The zero-order valence-corrected chi connectivity index (χ0v) is 10.5. The summed E-state index contributed by atoms with van der Waals surface area (Å²) in [5.74, 6) is 0. The van der Waals surface area contributed by atoms with Gasteiger partial charge in [-0.25, -0.2) is 17.2 Å². The SMILES string of the molecule is Cc1c(C(F)F)ncc(Br)c1S(=O)(=O)Cl. The first-order valence-electron chi connectivity index (χ1n) is 3.63. The Hall–Kier alpha value is -0.270. The summed E-state index contributed by atoms with van der Waals surface area (Å²) in [6.07, 6.45) is -1.85. The summed E-state index contributed by atoms with van der Waals surface area (Å²) in [6.45, 7) is 1.23. The van der Waals surface area contributed by atoms with E-state index in [4.69, 9.17) is 10.7 Å². The molecule has 0 aliphatic rings. The molecule has 0 spiro atoms. The standard InChI is InChI=1S/C7H5BrClF2NO2S/c1-3-5(7(10)11)12-2-4(8)6(3)15(9,13)14/h2,7H,1H3. The van der Waals surface area contributed by atoms with Crippen LogP contribution in [-0.4, -0.2) is 13.4 Å². The predicted molar refractivity (Wildman–Crippen MR) is 54.7 cm³/mol. The molecule has 3 nitrogen and oxygen atoms in total. The Morgan fingerprint density at radius 2 is 2.07 bits per heavy atom. The van der Waals surface area contributed by atoms with Crippen LogP contribution in [0.1, 0.15) is 17.7 Å². The monoisotopic (exact) mass is 319 g/mol. The van der Waals surface area contributed by atoms with E-state index < -0.39 is 21.2 Å². The molecular weight excluding hydrogens is 316 g/mol. The third kappa shape index (κ3) is 2.64. The second kappa shape index (κ2) is 4.31. The summed E-state index contributed by atoms with van der Waals surface area (Å²) in [5, 5.41) is 0. The fourth-order valence-electron chi connectivity index (χ4n) is 1.10. The van der Waals surface area contributed by atoms with Gasteiger partial charge in [0, 0.05) is 16.9 Å². The van der Waals surface area contributed by atoms with E-state index in [1.165, 1.54) is 6.92 Å². The van der Waals surface area contributed by atoms with Crippen LogP contribution in [-0.2, 0) is 9.05 Å². The number of hydrogen-bond acceptors (Lipinski definition) is 3. The average Bonchev–Trinajstić information content (AvgIpc) is 2.00. The molecule has 1 rings (SSSR count). The highest BCUT2D eigenvalue weighted by Gasteiger charge is 2.24. The van der Waals surface area contributed by atoms with E-state index in [2.05, 4.69) is 20.9 Å². The number of pyridine rings is 1. The highest BCUT2D eigenvalue weighted by Crippen LogP contribution is 2.32. The van der Waals surface area contributed by atoms with Gasteiger partial charge < -0.3 is 0 Å². The molecule has 0 saturated heterocycles. The van der Waals surface area contributed by atoms with Crippen molar-refractivity contribution in [1.82, 2.24) is 4.98 Å². The number of aromatic nitrogens is 1. The minimum absolute atomic E-state index is 0.0689. The van der Waals surface area contributed by atoms with Gasteiger partial charge in [-0.05, 0) is 28.4 Å². The number of halogens is 4. The van der Waals surface area contributed by atoms with Crippen molar-refractivity contribution in [3.63, 3.8) is 0 Å². The van der Waals surface area contributed by atoms with Gasteiger partial charge in [-0.3, -0.25) is 4.98 Å². The van der Waals surface area contributed by atoms with Crippen molar-refractivity contribution < 1.29 is 17.2 Å².